The van der Waals surface area contributed by atoms with Crippen molar-refractivity contribution in [1.82, 2.24) is 0 Å². The molecule has 40 valence electrons. The highest BCUT2D eigenvalue weighted by atomic mass is 32.2. The molecule has 0 nitrogen and oxygen atoms in total. The fourth-order valence-corrected chi connectivity index (χ4v) is 0.553. The summed E-state index contributed by atoms with van der Waals surface area (Å²) in [6.45, 7) is 7.69. The van der Waals surface area contributed by atoms with Crippen LogP contribution in [0.5, 0.6) is 0 Å². The molecule has 0 unspecified atom stereocenters. The Labute approximate surface area is 49.3 Å². The van der Waals surface area contributed by atoms with Gasteiger partial charge in [-0.1, -0.05) is 12.7 Å². The van der Waals surface area contributed by atoms with E-state index >= 15 is 0 Å². The molecule has 0 bridgehead atoms. The van der Waals surface area contributed by atoms with Crippen molar-refractivity contribution in [2.24, 2.45) is 0 Å². The molecule has 0 aliphatic carbocycles. The van der Waals surface area contributed by atoms with E-state index in [0.29, 0.717) is 0 Å². The maximum atomic E-state index is 3.70. The maximum Gasteiger partial charge on any atom is -0.0211 e. The van der Waals surface area contributed by atoms with E-state index in [2.05, 4.69) is 6.58 Å². The van der Waals surface area contributed by atoms with Crippen molar-refractivity contribution in [3.8, 4) is 0 Å². The second-order valence-electron chi connectivity index (χ2n) is 1.29. The zero-order valence-electron chi connectivity index (χ0n) is 4.77. The van der Waals surface area contributed by atoms with Crippen LogP contribution in [0.15, 0.2) is 23.0 Å². The van der Waals surface area contributed by atoms with Gasteiger partial charge >= 0.3 is 0 Å². The molecular formula is C6H10S. The standard InChI is InChI=1S/C6H10S/c1-4-5-7-6(2)3/h4-5H,2H2,1,3H3/b5-4-. The third kappa shape index (κ3) is 5.83. The summed E-state index contributed by atoms with van der Waals surface area (Å²) >= 11 is 1.66. The molecule has 0 amide bonds. The summed E-state index contributed by atoms with van der Waals surface area (Å²) < 4.78 is 0. The van der Waals surface area contributed by atoms with Crippen molar-refractivity contribution in [2.45, 2.75) is 13.8 Å². The Morgan fingerprint density at radius 2 is 2.29 bits per heavy atom. The van der Waals surface area contributed by atoms with Gasteiger partial charge in [0.05, 0.1) is 0 Å². The quantitative estimate of drug-likeness (QED) is 0.532. The zero-order valence-corrected chi connectivity index (χ0v) is 5.59. The van der Waals surface area contributed by atoms with Gasteiger partial charge in [-0.25, -0.2) is 0 Å². The van der Waals surface area contributed by atoms with Gasteiger partial charge in [0.25, 0.3) is 0 Å². The third-order valence-corrected chi connectivity index (χ3v) is 1.22. The van der Waals surface area contributed by atoms with Gasteiger partial charge in [0.15, 0.2) is 0 Å². The molecule has 0 saturated heterocycles. The van der Waals surface area contributed by atoms with E-state index in [-0.39, 0.29) is 0 Å². The largest absolute Gasteiger partial charge is 0.104 e. The molecule has 0 aromatic rings. The molecule has 0 heterocycles. The Balaban J connectivity index is 3.14. The molecule has 0 aliphatic rings. The third-order valence-electron chi connectivity index (χ3n) is 0.405. The van der Waals surface area contributed by atoms with Crippen LogP contribution in [0.1, 0.15) is 13.8 Å². The molecular weight excluding hydrogens is 104 g/mol. The summed E-state index contributed by atoms with van der Waals surface area (Å²) in [5.74, 6) is 0. The van der Waals surface area contributed by atoms with E-state index in [9.17, 15) is 0 Å². The zero-order chi connectivity index (χ0) is 5.70. The predicted octanol–water partition coefficient (Wildman–Crippen LogP) is 2.79. The second kappa shape index (κ2) is 4.00. The van der Waals surface area contributed by atoms with Gasteiger partial charge < -0.3 is 0 Å². The Morgan fingerprint density at radius 1 is 1.71 bits per heavy atom. The first-order chi connectivity index (χ1) is 3.27. The normalized spacial score (nSPS) is 10.0. The van der Waals surface area contributed by atoms with E-state index in [1.807, 2.05) is 25.3 Å². The van der Waals surface area contributed by atoms with Crippen LogP contribution in [-0.4, -0.2) is 0 Å². The second-order valence-corrected chi connectivity index (χ2v) is 2.49. The Hall–Kier alpha value is -0.170. The molecule has 0 aliphatic heterocycles. The summed E-state index contributed by atoms with van der Waals surface area (Å²) in [6, 6.07) is 0. The lowest BCUT2D eigenvalue weighted by atomic mass is 10.8. The van der Waals surface area contributed by atoms with E-state index in [1.165, 1.54) is 0 Å². The van der Waals surface area contributed by atoms with Crippen molar-refractivity contribution < 1.29 is 0 Å². The van der Waals surface area contributed by atoms with Crippen LogP contribution in [0, 0.1) is 0 Å². The Morgan fingerprint density at radius 3 is 2.43 bits per heavy atom. The molecule has 0 N–H and O–H groups in total. The molecule has 0 aromatic heterocycles. The molecule has 0 atom stereocenters. The highest BCUT2D eigenvalue weighted by molar-refractivity contribution is 8.05. The number of hydrogen-bond donors (Lipinski definition) is 0. The van der Waals surface area contributed by atoms with Gasteiger partial charge in [-0.2, -0.15) is 0 Å². The summed E-state index contributed by atoms with van der Waals surface area (Å²) in [6.07, 6.45) is 2.00. The van der Waals surface area contributed by atoms with Crippen LogP contribution < -0.4 is 0 Å². The first-order valence-electron chi connectivity index (χ1n) is 2.20. The predicted molar refractivity (Wildman–Crippen MR) is 37.2 cm³/mol. The lowest BCUT2D eigenvalue weighted by Gasteiger charge is -1.84. The van der Waals surface area contributed by atoms with E-state index in [0.717, 1.165) is 4.91 Å². The first kappa shape index (κ1) is 6.83. The van der Waals surface area contributed by atoms with Crippen molar-refractivity contribution in [1.29, 1.82) is 0 Å². The van der Waals surface area contributed by atoms with E-state index in [1.54, 1.807) is 11.8 Å². The van der Waals surface area contributed by atoms with E-state index in [4.69, 9.17) is 0 Å². The summed E-state index contributed by atoms with van der Waals surface area (Å²) in [5.41, 5.74) is 0. The van der Waals surface area contributed by atoms with Gasteiger partial charge in [-0.3, -0.25) is 0 Å². The lowest BCUT2D eigenvalue weighted by molar-refractivity contribution is 1.73. The molecule has 0 saturated carbocycles. The fraction of sp³-hybridized carbons (Fsp3) is 0.333. The topological polar surface area (TPSA) is 0 Å². The molecule has 0 aromatic carbocycles. The lowest BCUT2D eigenvalue weighted by Crippen LogP contribution is -1.51. The first-order valence-corrected chi connectivity index (χ1v) is 3.08. The Kier molecular flexibility index (Phi) is 3.90. The highest BCUT2D eigenvalue weighted by Gasteiger charge is 1.73. The minimum Gasteiger partial charge on any atom is -0.104 e. The summed E-state index contributed by atoms with van der Waals surface area (Å²) in [7, 11) is 0. The van der Waals surface area contributed by atoms with Crippen LogP contribution in [0.3, 0.4) is 0 Å². The van der Waals surface area contributed by atoms with Crippen LogP contribution in [-0.2, 0) is 0 Å². The fourth-order valence-electron chi connectivity index (χ4n) is 0.184. The SMILES string of the molecule is C=C(C)S/C=C\C. The van der Waals surface area contributed by atoms with E-state index < -0.39 is 0 Å². The number of allylic oxidation sites excluding steroid dienone is 2. The van der Waals surface area contributed by atoms with Gasteiger partial charge in [-0.15, -0.1) is 11.8 Å². The molecule has 0 spiro atoms. The average molecular weight is 114 g/mol. The van der Waals surface area contributed by atoms with Gasteiger partial charge in [0.1, 0.15) is 0 Å². The number of hydrogen-bond acceptors (Lipinski definition) is 1. The maximum absolute atomic E-state index is 3.70. The average Bonchev–Trinajstić information content (AvgIpc) is 1.61. The molecule has 7 heavy (non-hydrogen) atoms. The Bertz CT molecular complexity index is 82.2. The van der Waals surface area contributed by atoms with Gasteiger partial charge in [0.2, 0.25) is 0 Å². The minimum atomic E-state index is 1.14. The van der Waals surface area contributed by atoms with Gasteiger partial charge in [0, 0.05) is 0 Å². The van der Waals surface area contributed by atoms with Crippen LogP contribution >= 0.6 is 11.8 Å². The minimum absolute atomic E-state index is 1.14. The van der Waals surface area contributed by atoms with Crippen LogP contribution in [0.2, 0.25) is 0 Å². The van der Waals surface area contributed by atoms with Gasteiger partial charge in [-0.05, 0) is 24.2 Å². The highest BCUT2D eigenvalue weighted by Crippen LogP contribution is 2.11. The van der Waals surface area contributed by atoms with Crippen molar-refractivity contribution >= 4 is 11.8 Å². The molecule has 0 radical (unpaired) electrons. The van der Waals surface area contributed by atoms with Crippen molar-refractivity contribution in [3.05, 3.63) is 23.0 Å². The van der Waals surface area contributed by atoms with Crippen LogP contribution in [0.4, 0.5) is 0 Å². The number of rotatable bonds is 2. The molecule has 0 rings (SSSR count). The van der Waals surface area contributed by atoms with Crippen LogP contribution in [0.25, 0.3) is 0 Å². The molecule has 0 fully saturated rings. The summed E-state index contributed by atoms with van der Waals surface area (Å²) in [4.78, 5) is 1.14. The van der Waals surface area contributed by atoms with Crippen molar-refractivity contribution in [2.75, 3.05) is 0 Å². The van der Waals surface area contributed by atoms with Crippen molar-refractivity contribution in [3.63, 3.8) is 0 Å². The monoisotopic (exact) mass is 114 g/mol. The smallest absolute Gasteiger partial charge is 0.0211 e. The molecule has 1 heteroatoms. The number of thioether (sulfide) groups is 1. The summed E-state index contributed by atoms with van der Waals surface area (Å²) in [5, 5.41) is 2.02.